The highest BCUT2D eigenvalue weighted by Crippen LogP contribution is 2.38. The van der Waals surface area contributed by atoms with Crippen LogP contribution in [-0.2, 0) is 11.2 Å². The zero-order valence-corrected chi connectivity index (χ0v) is 15.6. The second-order valence-corrected chi connectivity index (χ2v) is 6.68. The molecule has 0 spiro atoms. The van der Waals surface area contributed by atoms with Crippen molar-refractivity contribution in [2.75, 3.05) is 5.32 Å². The van der Waals surface area contributed by atoms with Gasteiger partial charge in [0.25, 0.3) is 0 Å². The highest BCUT2D eigenvalue weighted by molar-refractivity contribution is 5.95. The van der Waals surface area contributed by atoms with E-state index in [2.05, 4.69) is 20.5 Å². The molecule has 4 rings (SSSR count). The third kappa shape index (κ3) is 4.72. The first kappa shape index (κ1) is 19.1. The average molecular weight is 384 g/mol. The van der Waals surface area contributed by atoms with Gasteiger partial charge in [0.05, 0.1) is 6.04 Å². The zero-order chi connectivity index (χ0) is 17.9. The first-order chi connectivity index (χ1) is 12.7. The molecule has 1 aromatic heterocycles. The van der Waals surface area contributed by atoms with Crippen molar-refractivity contribution >= 4 is 24.0 Å². The van der Waals surface area contributed by atoms with Crippen molar-refractivity contribution in [2.45, 2.75) is 31.2 Å². The Morgan fingerprint density at radius 3 is 2.70 bits per heavy atom. The number of halogens is 1. The van der Waals surface area contributed by atoms with Crippen molar-refractivity contribution in [1.82, 2.24) is 15.2 Å². The molecule has 0 bridgehead atoms. The third-order valence-corrected chi connectivity index (χ3v) is 4.49. The van der Waals surface area contributed by atoms with Crippen LogP contribution in [0.5, 0.6) is 0 Å². The number of nitrogens with one attached hydrogen (secondary N) is 2. The molecular formula is C20H22ClN5O. The molecule has 1 atom stereocenters. The molecule has 0 aliphatic heterocycles. The fourth-order valence-corrected chi connectivity index (χ4v) is 2.87. The molecule has 4 N–H and O–H groups in total. The lowest BCUT2D eigenvalue weighted by molar-refractivity contribution is -0.117. The number of nitrogens with two attached hydrogens (primary N) is 1. The van der Waals surface area contributed by atoms with E-state index in [9.17, 15) is 4.79 Å². The van der Waals surface area contributed by atoms with Gasteiger partial charge in [0.15, 0.2) is 5.82 Å². The van der Waals surface area contributed by atoms with Gasteiger partial charge in [-0.05, 0) is 37.0 Å². The van der Waals surface area contributed by atoms with Crippen LogP contribution in [0.15, 0.2) is 54.6 Å². The van der Waals surface area contributed by atoms with Crippen LogP contribution in [0.2, 0.25) is 0 Å². The van der Waals surface area contributed by atoms with E-state index in [4.69, 9.17) is 5.73 Å². The van der Waals surface area contributed by atoms with Crippen LogP contribution in [0.3, 0.4) is 0 Å². The van der Waals surface area contributed by atoms with E-state index in [0.29, 0.717) is 23.9 Å². The Morgan fingerprint density at radius 2 is 1.96 bits per heavy atom. The Balaban J connectivity index is 0.00000210. The van der Waals surface area contributed by atoms with Gasteiger partial charge in [-0.25, -0.2) is 4.98 Å². The molecule has 1 amide bonds. The summed E-state index contributed by atoms with van der Waals surface area (Å²) in [4.78, 5) is 16.9. The Morgan fingerprint density at radius 1 is 1.19 bits per heavy atom. The number of benzene rings is 2. The smallest absolute Gasteiger partial charge is 0.241 e. The van der Waals surface area contributed by atoms with Crippen molar-refractivity contribution < 1.29 is 4.79 Å². The summed E-state index contributed by atoms with van der Waals surface area (Å²) in [5, 5.41) is 10.2. The highest BCUT2D eigenvalue weighted by Gasteiger charge is 2.27. The summed E-state index contributed by atoms with van der Waals surface area (Å²) in [6.07, 6.45) is 2.84. The first-order valence-electron chi connectivity index (χ1n) is 8.82. The molecule has 1 fully saturated rings. The molecule has 1 aliphatic rings. The molecule has 0 radical (unpaired) electrons. The van der Waals surface area contributed by atoms with Gasteiger partial charge < -0.3 is 11.1 Å². The molecule has 7 heteroatoms. The summed E-state index contributed by atoms with van der Waals surface area (Å²) < 4.78 is 0. The monoisotopic (exact) mass is 383 g/mol. The minimum Gasteiger partial charge on any atom is -0.325 e. The van der Waals surface area contributed by atoms with Gasteiger partial charge in [0.2, 0.25) is 5.91 Å². The van der Waals surface area contributed by atoms with Crippen LogP contribution < -0.4 is 11.1 Å². The second kappa shape index (κ2) is 8.33. The van der Waals surface area contributed by atoms with Gasteiger partial charge >= 0.3 is 0 Å². The van der Waals surface area contributed by atoms with Crippen molar-refractivity contribution in [3.8, 4) is 11.4 Å². The predicted molar refractivity (Wildman–Crippen MR) is 108 cm³/mol. The summed E-state index contributed by atoms with van der Waals surface area (Å²) in [6, 6.07) is 16.7. The minimum atomic E-state index is -0.606. The molecule has 6 nitrogen and oxygen atoms in total. The molecule has 27 heavy (non-hydrogen) atoms. The van der Waals surface area contributed by atoms with E-state index < -0.39 is 6.04 Å². The van der Waals surface area contributed by atoms with Crippen LogP contribution in [0.25, 0.3) is 11.4 Å². The average Bonchev–Trinajstić information content (AvgIpc) is 3.39. The lowest BCUT2D eigenvalue weighted by Gasteiger charge is -2.12. The van der Waals surface area contributed by atoms with Gasteiger partial charge in [0, 0.05) is 17.2 Å². The lowest BCUT2D eigenvalue weighted by atomic mass is 10.1. The lowest BCUT2D eigenvalue weighted by Crippen LogP contribution is -2.37. The Bertz CT molecular complexity index is 908. The largest absolute Gasteiger partial charge is 0.325 e. The molecule has 140 valence electrons. The van der Waals surface area contributed by atoms with Crippen LogP contribution in [0.1, 0.15) is 30.1 Å². The van der Waals surface area contributed by atoms with Crippen molar-refractivity contribution in [3.05, 3.63) is 66.0 Å². The number of aromatic nitrogens is 3. The summed E-state index contributed by atoms with van der Waals surface area (Å²) in [7, 11) is 0. The SMILES string of the molecule is Cl.N[C@@H](Cc1ccccc1)C(=O)Nc1cccc(-c2n[nH]c(C3CC3)n2)c1. The van der Waals surface area contributed by atoms with E-state index in [1.807, 2.05) is 54.6 Å². The number of rotatable bonds is 6. The topological polar surface area (TPSA) is 96.7 Å². The third-order valence-electron chi connectivity index (χ3n) is 4.49. The summed E-state index contributed by atoms with van der Waals surface area (Å²) in [5.41, 5.74) is 8.64. The molecule has 1 saturated carbocycles. The van der Waals surface area contributed by atoms with Crippen molar-refractivity contribution in [3.63, 3.8) is 0 Å². The number of aromatic amines is 1. The minimum absolute atomic E-state index is 0. The second-order valence-electron chi connectivity index (χ2n) is 6.68. The number of H-pyrrole nitrogens is 1. The van der Waals surface area contributed by atoms with Crippen LogP contribution in [0.4, 0.5) is 5.69 Å². The summed E-state index contributed by atoms with van der Waals surface area (Å²) in [5.74, 6) is 1.91. The molecule has 3 aromatic rings. The van der Waals surface area contributed by atoms with E-state index in [1.165, 1.54) is 12.8 Å². The predicted octanol–water partition coefficient (Wildman–Crippen LogP) is 3.28. The standard InChI is InChI=1S/C20H21N5O.ClH/c21-17(11-13-5-2-1-3-6-13)20(26)22-16-8-4-7-15(12-16)19-23-18(24-25-19)14-9-10-14;/h1-8,12,14,17H,9-11,21H2,(H,22,26)(H,23,24,25);1H/t17-;/m0./s1. The Hall–Kier alpha value is -2.70. The summed E-state index contributed by atoms with van der Waals surface area (Å²) >= 11 is 0. The van der Waals surface area contributed by atoms with Crippen LogP contribution >= 0.6 is 12.4 Å². The van der Waals surface area contributed by atoms with Gasteiger partial charge in [-0.15, -0.1) is 12.4 Å². The molecule has 1 heterocycles. The number of amides is 1. The fourth-order valence-electron chi connectivity index (χ4n) is 2.87. The number of anilines is 1. The number of hydrogen-bond donors (Lipinski definition) is 3. The molecule has 2 aromatic carbocycles. The van der Waals surface area contributed by atoms with E-state index in [0.717, 1.165) is 17.0 Å². The van der Waals surface area contributed by atoms with Crippen LogP contribution in [-0.4, -0.2) is 27.1 Å². The van der Waals surface area contributed by atoms with E-state index >= 15 is 0 Å². The van der Waals surface area contributed by atoms with E-state index in [-0.39, 0.29) is 18.3 Å². The maximum absolute atomic E-state index is 12.4. The molecule has 1 aliphatic carbocycles. The Labute approximate surface area is 164 Å². The number of nitrogens with zero attached hydrogens (tertiary/aromatic N) is 2. The van der Waals surface area contributed by atoms with Crippen LogP contribution in [0, 0.1) is 0 Å². The highest BCUT2D eigenvalue weighted by atomic mass is 35.5. The van der Waals surface area contributed by atoms with Gasteiger partial charge in [-0.1, -0.05) is 42.5 Å². The van der Waals surface area contributed by atoms with E-state index in [1.54, 1.807) is 0 Å². The number of carbonyl (C=O) groups excluding carboxylic acids is 1. The molecule has 0 unspecified atom stereocenters. The first-order valence-corrected chi connectivity index (χ1v) is 8.82. The maximum atomic E-state index is 12.4. The van der Waals surface area contributed by atoms with Gasteiger partial charge in [0.1, 0.15) is 5.82 Å². The quantitative estimate of drug-likeness (QED) is 0.608. The summed E-state index contributed by atoms with van der Waals surface area (Å²) in [6.45, 7) is 0. The molecule has 0 saturated heterocycles. The van der Waals surface area contributed by atoms with Crippen molar-refractivity contribution in [1.29, 1.82) is 0 Å². The number of carbonyl (C=O) groups is 1. The normalized spacial score (nSPS) is 14.3. The van der Waals surface area contributed by atoms with Gasteiger partial charge in [-0.3, -0.25) is 9.89 Å². The maximum Gasteiger partial charge on any atom is 0.241 e. The Kier molecular flexibility index (Phi) is 5.88. The fraction of sp³-hybridized carbons (Fsp3) is 0.250. The van der Waals surface area contributed by atoms with Gasteiger partial charge in [-0.2, -0.15) is 5.10 Å². The van der Waals surface area contributed by atoms with Crippen molar-refractivity contribution in [2.24, 2.45) is 5.73 Å². The zero-order valence-electron chi connectivity index (χ0n) is 14.8. The molecular weight excluding hydrogens is 362 g/mol. The number of hydrogen-bond acceptors (Lipinski definition) is 4.